The van der Waals surface area contributed by atoms with Crippen LogP contribution in [0.1, 0.15) is 13.8 Å². The summed E-state index contributed by atoms with van der Waals surface area (Å²) in [5, 5.41) is 18.8. The third-order valence-corrected chi connectivity index (χ3v) is 4.38. The Hall–Kier alpha value is -0.990. The van der Waals surface area contributed by atoms with Crippen molar-refractivity contribution in [3.8, 4) is 0 Å². The Kier molecular flexibility index (Phi) is 4.89. The summed E-state index contributed by atoms with van der Waals surface area (Å²) in [7, 11) is -6.08. The van der Waals surface area contributed by atoms with Crippen molar-refractivity contribution >= 4 is 16.1 Å². The normalized spacial score (nSPS) is 34.5. The molecule has 0 aliphatic carbocycles. The second-order valence-corrected chi connectivity index (χ2v) is 7.20. The zero-order chi connectivity index (χ0) is 18.5. The number of hydrogen-bond donors (Lipinski definition) is 2. The number of alkyl halides is 3. The fraction of sp³-hybridized carbons (Fsp3) is 0.909. The molecular formula is C11H15F3O9S. The molecule has 5 atom stereocenters. The lowest BCUT2D eigenvalue weighted by atomic mass is 9.99. The first-order chi connectivity index (χ1) is 10.8. The van der Waals surface area contributed by atoms with E-state index in [0.717, 1.165) is 0 Å². The van der Waals surface area contributed by atoms with Gasteiger partial charge in [-0.15, -0.1) is 0 Å². The van der Waals surface area contributed by atoms with Crippen LogP contribution in [-0.4, -0.2) is 73.0 Å². The number of ether oxygens (including phenoxy) is 3. The van der Waals surface area contributed by atoms with Crippen molar-refractivity contribution in [1.29, 1.82) is 0 Å². The maximum atomic E-state index is 12.4. The van der Waals surface area contributed by atoms with Crippen LogP contribution in [-0.2, 0) is 33.3 Å². The van der Waals surface area contributed by atoms with Gasteiger partial charge in [0, 0.05) is 0 Å². The number of aliphatic hydroxyl groups excluding tert-OH is 2. The van der Waals surface area contributed by atoms with Crippen LogP contribution in [0, 0.1) is 0 Å². The minimum Gasteiger partial charge on any atom is -0.455 e. The molecule has 2 aliphatic heterocycles. The van der Waals surface area contributed by atoms with Crippen LogP contribution in [0.5, 0.6) is 0 Å². The lowest BCUT2D eigenvalue weighted by molar-refractivity contribution is -0.340. The number of carbonyl (C=O) groups excluding carboxylic acids is 1. The van der Waals surface area contributed by atoms with Gasteiger partial charge in [-0.3, -0.25) is 0 Å². The van der Waals surface area contributed by atoms with E-state index in [4.69, 9.17) is 19.3 Å². The Morgan fingerprint density at radius 3 is 2.38 bits per heavy atom. The fourth-order valence-corrected chi connectivity index (χ4v) is 2.96. The first-order valence-corrected chi connectivity index (χ1v) is 8.04. The molecule has 0 aromatic carbocycles. The molecule has 0 saturated carbocycles. The second-order valence-electron chi connectivity index (χ2n) is 5.63. The molecule has 0 aromatic rings. The van der Waals surface area contributed by atoms with Gasteiger partial charge in [-0.25, -0.2) is 8.98 Å². The molecule has 2 N–H and O–H groups in total. The molecule has 0 spiro atoms. The summed E-state index contributed by atoms with van der Waals surface area (Å²) in [5.41, 5.74) is -5.74. The summed E-state index contributed by atoms with van der Waals surface area (Å²) in [6, 6.07) is 0. The van der Waals surface area contributed by atoms with Crippen molar-refractivity contribution < 1.29 is 55.0 Å². The van der Waals surface area contributed by atoms with Crippen molar-refractivity contribution in [3.05, 3.63) is 0 Å². The molecule has 24 heavy (non-hydrogen) atoms. The average molecular weight is 380 g/mol. The number of fused-ring (bicyclic) bond motifs is 1. The standard InChI is InChI=1S/C11H15F3O9S/c1-10(2)21-5(4(16)3-15)6-7(22-10)8(9(17)20-6)23-24(18,19)11(12,13)14/h4-8,15-16H,3H2,1-2H3/t4-,5-,6+,7-,8-/m1/s1. The molecule has 0 amide bonds. The third kappa shape index (κ3) is 3.50. The van der Waals surface area contributed by atoms with E-state index in [1.807, 2.05) is 0 Å². The lowest BCUT2D eigenvalue weighted by Crippen LogP contribution is -2.59. The molecule has 0 aromatic heterocycles. The third-order valence-electron chi connectivity index (χ3n) is 3.35. The SMILES string of the molecule is CC1(C)O[C@@H]2[C@@H](OC(=O)[C@@H]2OS(=O)(=O)C(F)(F)F)[C@@H]([C@H](O)CO)O1. The van der Waals surface area contributed by atoms with Gasteiger partial charge in [-0.2, -0.15) is 21.6 Å². The highest BCUT2D eigenvalue weighted by Crippen LogP contribution is 2.39. The maximum Gasteiger partial charge on any atom is 0.523 e. The van der Waals surface area contributed by atoms with Gasteiger partial charge in [-0.05, 0) is 13.8 Å². The molecule has 0 bridgehead atoms. The molecule has 9 nitrogen and oxygen atoms in total. The van der Waals surface area contributed by atoms with Gasteiger partial charge in [0.25, 0.3) is 0 Å². The minimum atomic E-state index is -6.08. The summed E-state index contributed by atoms with van der Waals surface area (Å²) in [5.74, 6) is -2.94. The molecule has 2 fully saturated rings. The van der Waals surface area contributed by atoms with Crippen molar-refractivity contribution in [2.75, 3.05) is 6.61 Å². The van der Waals surface area contributed by atoms with E-state index in [0.29, 0.717) is 0 Å². The van der Waals surface area contributed by atoms with E-state index in [-0.39, 0.29) is 0 Å². The molecule has 2 aliphatic rings. The van der Waals surface area contributed by atoms with Gasteiger partial charge in [0.1, 0.15) is 18.3 Å². The Morgan fingerprint density at radius 2 is 1.88 bits per heavy atom. The zero-order valence-corrected chi connectivity index (χ0v) is 13.2. The summed E-state index contributed by atoms with van der Waals surface area (Å²) < 4.78 is 78.8. The van der Waals surface area contributed by atoms with Crippen LogP contribution in [0.3, 0.4) is 0 Å². The highest BCUT2D eigenvalue weighted by atomic mass is 32.2. The number of halogens is 3. The maximum absolute atomic E-state index is 12.4. The quantitative estimate of drug-likeness (QED) is 0.359. The predicted molar refractivity (Wildman–Crippen MR) is 66.6 cm³/mol. The summed E-state index contributed by atoms with van der Waals surface area (Å²) in [6.07, 6.45) is -8.18. The van der Waals surface area contributed by atoms with Crippen LogP contribution in [0.2, 0.25) is 0 Å². The zero-order valence-electron chi connectivity index (χ0n) is 12.4. The van der Waals surface area contributed by atoms with Crippen LogP contribution in [0.25, 0.3) is 0 Å². The van der Waals surface area contributed by atoms with Gasteiger partial charge < -0.3 is 24.4 Å². The van der Waals surface area contributed by atoms with Gasteiger partial charge in [0.2, 0.25) is 6.10 Å². The Bertz CT molecular complexity index is 602. The van der Waals surface area contributed by atoms with E-state index in [2.05, 4.69) is 4.18 Å². The summed E-state index contributed by atoms with van der Waals surface area (Å²) in [4.78, 5) is 11.8. The largest absolute Gasteiger partial charge is 0.523 e. The molecule has 2 rings (SSSR count). The van der Waals surface area contributed by atoms with E-state index in [1.165, 1.54) is 13.8 Å². The highest BCUT2D eigenvalue weighted by Gasteiger charge is 2.61. The number of esters is 1. The van der Waals surface area contributed by atoms with Crippen molar-refractivity contribution in [1.82, 2.24) is 0 Å². The summed E-state index contributed by atoms with van der Waals surface area (Å²) in [6.45, 7) is 1.84. The predicted octanol–water partition coefficient (Wildman–Crippen LogP) is -0.980. The number of hydrogen-bond acceptors (Lipinski definition) is 9. The first-order valence-electron chi connectivity index (χ1n) is 6.64. The van der Waals surface area contributed by atoms with Crippen molar-refractivity contribution in [2.24, 2.45) is 0 Å². The number of aliphatic hydroxyl groups is 2. The van der Waals surface area contributed by atoms with Gasteiger partial charge in [-0.1, -0.05) is 0 Å². The lowest BCUT2D eigenvalue weighted by Gasteiger charge is -2.43. The van der Waals surface area contributed by atoms with Crippen LogP contribution in [0.15, 0.2) is 0 Å². The van der Waals surface area contributed by atoms with E-state index in [1.54, 1.807) is 0 Å². The first kappa shape index (κ1) is 19.3. The van der Waals surface area contributed by atoms with Gasteiger partial charge >= 0.3 is 21.6 Å². The monoisotopic (exact) mass is 380 g/mol. The topological polar surface area (TPSA) is 129 Å². The Labute approximate surface area is 134 Å². The van der Waals surface area contributed by atoms with Crippen LogP contribution in [0.4, 0.5) is 13.2 Å². The molecule has 2 heterocycles. The average Bonchev–Trinajstić information content (AvgIpc) is 2.71. The van der Waals surface area contributed by atoms with Crippen molar-refractivity contribution in [3.63, 3.8) is 0 Å². The van der Waals surface area contributed by atoms with Gasteiger partial charge in [0.05, 0.1) is 6.61 Å². The van der Waals surface area contributed by atoms with Gasteiger partial charge in [0.15, 0.2) is 11.9 Å². The molecule has 0 unspecified atom stereocenters. The van der Waals surface area contributed by atoms with E-state index < -0.39 is 64.5 Å². The Morgan fingerprint density at radius 1 is 1.29 bits per heavy atom. The summed E-state index contributed by atoms with van der Waals surface area (Å²) >= 11 is 0. The minimum absolute atomic E-state index is 0.798. The fourth-order valence-electron chi connectivity index (χ4n) is 2.39. The molecule has 0 radical (unpaired) electrons. The second kappa shape index (κ2) is 6.07. The molecule has 13 heteroatoms. The van der Waals surface area contributed by atoms with E-state index >= 15 is 0 Å². The molecular weight excluding hydrogens is 365 g/mol. The highest BCUT2D eigenvalue weighted by molar-refractivity contribution is 7.87. The molecule has 2 saturated heterocycles. The smallest absolute Gasteiger partial charge is 0.455 e. The van der Waals surface area contributed by atoms with Crippen LogP contribution >= 0.6 is 0 Å². The van der Waals surface area contributed by atoms with E-state index in [9.17, 15) is 31.5 Å². The Balaban J connectivity index is 2.32. The number of rotatable bonds is 4. The molecule has 140 valence electrons. The van der Waals surface area contributed by atoms with Crippen molar-refractivity contribution in [2.45, 2.75) is 55.7 Å². The van der Waals surface area contributed by atoms with Crippen LogP contribution < -0.4 is 0 Å². The number of carbonyl (C=O) groups is 1.